The maximum atomic E-state index is 12.5. The molecule has 0 saturated carbocycles. The minimum atomic E-state index is -3.60. The average molecular weight is 416 g/mol. The molecule has 0 saturated heterocycles. The number of nitrogens with two attached hydrogens (primary N) is 1. The molecule has 21 heavy (non-hydrogen) atoms. The quantitative estimate of drug-likeness (QED) is 0.736. The first-order valence-electron chi connectivity index (χ1n) is 6.57. The summed E-state index contributed by atoms with van der Waals surface area (Å²) in [7, 11) is -3.60. The van der Waals surface area contributed by atoms with Crippen molar-refractivity contribution in [3.05, 3.63) is 57.2 Å². The lowest BCUT2D eigenvalue weighted by molar-refractivity contribution is 0.601. The molecule has 0 aliphatic heterocycles. The smallest absolute Gasteiger partial charge is 0.261 e. The summed E-state index contributed by atoms with van der Waals surface area (Å²) in [6, 6.07) is 12.3. The fraction of sp³-hybridized carbons (Fsp3) is 0.200. The molecule has 2 rings (SSSR count). The number of benzene rings is 2. The number of hydrogen-bond donors (Lipinski definition) is 2. The normalized spacial score (nSPS) is 11.4. The highest BCUT2D eigenvalue weighted by atomic mass is 127. The Morgan fingerprint density at radius 2 is 1.86 bits per heavy atom. The number of anilines is 1. The highest BCUT2D eigenvalue weighted by Crippen LogP contribution is 2.23. The number of sulfonamides is 1. The van der Waals surface area contributed by atoms with Crippen LogP contribution >= 0.6 is 22.6 Å². The van der Waals surface area contributed by atoms with Crippen LogP contribution < -0.4 is 10.5 Å². The Bertz CT molecular complexity index is 745. The molecule has 0 spiro atoms. The van der Waals surface area contributed by atoms with Crippen LogP contribution in [0.5, 0.6) is 0 Å². The second-order valence-electron chi connectivity index (χ2n) is 4.57. The van der Waals surface area contributed by atoms with Crippen molar-refractivity contribution in [1.29, 1.82) is 0 Å². The Morgan fingerprint density at radius 3 is 2.48 bits per heavy atom. The third kappa shape index (κ3) is 3.75. The lowest BCUT2D eigenvalue weighted by Gasteiger charge is -2.12. The predicted molar refractivity (Wildman–Crippen MR) is 93.7 cm³/mol. The second-order valence-corrected chi connectivity index (χ2v) is 7.42. The van der Waals surface area contributed by atoms with Gasteiger partial charge in [0.15, 0.2) is 0 Å². The number of halogens is 1. The largest absolute Gasteiger partial charge is 0.326 e. The molecule has 0 atom stereocenters. The SMILES string of the molecule is CCc1ccc(S(=O)(=O)Nc2ccccc2I)cc1CN. The summed E-state index contributed by atoms with van der Waals surface area (Å²) in [5, 5.41) is 0. The first-order valence-corrected chi connectivity index (χ1v) is 9.13. The van der Waals surface area contributed by atoms with Gasteiger partial charge in [0.25, 0.3) is 10.0 Å². The molecule has 0 heterocycles. The van der Waals surface area contributed by atoms with Crippen molar-refractivity contribution in [2.45, 2.75) is 24.8 Å². The van der Waals surface area contributed by atoms with E-state index >= 15 is 0 Å². The summed E-state index contributed by atoms with van der Waals surface area (Å²) < 4.78 is 28.4. The zero-order valence-electron chi connectivity index (χ0n) is 11.6. The molecule has 0 amide bonds. The van der Waals surface area contributed by atoms with Crippen LogP contribution in [-0.2, 0) is 23.0 Å². The Morgan fingerprint density at radius 1 is 1.14 bits per heavy atom. The van der Waals surface area contributed by atoms with E-state index in [4.69, 9.17) is 5.73 Å². The molecule has 0 aromatic heterocycles. The van der Waals surface area contributed by atoms with Crippen molar-refractivity contribution in [3.63, 3.8) is 0 Å². The van der Waals surface area contributed by atoms with Gasteiger partial charge in [-0.3, -0.25) is 4.72 Å². The molecular weight excluding hydrogens is 399 g/mol. The van der Waals surface area contributed by atoms with E-state index in [0.717, 1.165) is 21.1 Å². The Hall–Kier alpha value is -1.12. The highest BCUT2D eigenvalue weighted by Gasteiger charge is 2.16. The van der Waals surface area contributed by atoms with Crippen LogP contribution in [0.3, 0.4) is 0 Å². The predicted octanol–water partition coefficient (Wildman–Crippen LogP) is 3.11. The molecular formula is C15H17IN2O2S. The molecule has 0 unspecified atom stereocenters. The van der Waals surface area contributed by atoms with Crippen molar-refractivity contribution in [1.82, 2.24) is 0 Å². The van der Waals surface area contributed by atoms with Crippen molar-refractivity contribution < 1.29 is 8.42 Å². The summed E-state index contributed by atoms with van der Waals surface area (Å²) in [5.74, 6) is 0. The molecule has 0 aliphatic carbocycles. The van der Waals surface area contributed by atoms with E-state index in [0.29, 0.717) is 12.2 Å². The van der Waals surface area contributed by atoms with E-state index in [2.05, 4.69) is 27.3 Å². The van der Waals surface area contributed by atoms with Gasteiger partial charge in [-0.1, -0.05) is 25.1 Å². The maximum absolute atomic E-state index is 12.5. The highest BCUT2D eigenvalue weighted by molar-refractivity contribution is 14.1. The molecule has 112 valence electrons. The van der Waals surface area contributed by atoms with Crippen LogP contribution in [0.4, 0.5) is 5.69 Å². The Kier molecular flexibility index (Phi) is 5.23. The first kappa shape index (κ1) is 16.3. The lowest BCUT2D eigenvalue weighted by Crippen LogP contribution is -2.15. The second kappa shape index (κ2) is 6.76. The lowest BCUT2D eigenvalue weighted by atomic mass is 10.1. The van der Waals surface area contributed by atoms with Crippen LogP contribution in [0, 0.1) is 3.57 Å². The number of nitrogens with one attached hydrogen (secondary N) is 1. The molecule has 4 nitrogen and oxygen atoms in total. The first-order chi connectivity index (χ1) is 9.97. The van der Waals surface area contributed by atoms with Gasteiger partial charge in [-0.15, -0.1) is 0 Å². The van der Waals surface area contributed by atoms with E-state index in [1.165, 1.54) is 0 Å². The van der Waals surface area contributed by atoms with Gasteiger partial charge in [0.05, 0.1) is 10.6 Å². The minimum Gasteiger partial charge on any atom is -0.326 e. The fourth-order valence-corrected chi connectivity index (χ4v) is 3.89. The molecule has 0 fully saturated rings. The number of aryl methyl sites for hydroxylation is 1. The molecule has 0 radical (unpaired) electrons. The third-order valence-electron chi connectivity index (χ3n) is 3.21. The minimum absolute atomic E-state index is 0.236. The van der Waals surface area contributed by atoms with Crippen LogP contribution in [-0.4, -0.2) is 8.42 Å². The molecule has 2 aromatic carbocycles. The van der Waals surface area contributed by atoms with Gasteiger partial charge in [0.2, 0.25) is 0 Å². The summed E-state index contributed by atoms with van der Waals surface area (Å²) in [5.41, 5.74) is 8.21. The van der Waals surface area contributed by atoms with Gasteiger partial charge < -0.3 is 5.73 Å². The van der Waals surface area contributed by atoms with Gasteiger partial charge in [-0.2, -0.15) is 0 Å². The van der Waals surface area contributed by atoms with E-state index < -0.39 is 10.0 Å². The van der Waals surface area contributed by atoms with E-state index in [9.17, 15) is 8.42 Å². The third-order valence-corrected chi connectivity index (χ3v) is 5.51. The average Bonchev–Trinajstić information content (AvgIpc) is 2.48. The van der Waals surface area contributed by atoms with Crippen molar-refractivity contribution in [3.8, 4) is 0 Å². The van der Waals surface area contributed by atoms with Gasteiger partial charge in [-0.25, -0.2) is 8.42 Å². The number of para-hydroxylation sites is 1. The fourth-order valence-electron chi connectivity index (χ4n) is 2.05. The van der Waals surface area contributed by atoms with Crippen LogP contribution in [0.1, 0.15) is 18.1 Å². The Balaban J connectivity index is 2.38. The van der Waals surface area contributed by atoms with E-state index in [-0.39, 0.29) is 4.90 Å². The monoisotopic (exact) mass is 416 g/mol. The standard InChI is InChI=1S/C15H17IN2O2S/c1-2-11-7-8-13(9-12(11)10-17)21(19,20)18-15-6-4-3-5-14(15)16/h3-9,18H,2,10,17H2,1H3. The van der Waals surface area contributed by atoms with Gasteiger partial charge in [0.1, 0.15) is 0 Å². The molecule has 6 heteroatoms. The van der Waals surface area contributed by atoms with Crippen molar-refractivity contribution >= 4 is 38.3 Å². The zero-order valence-corrected chi connectivity index (χ0v) is 14.6. The van der Waals surface area contributed by atoms with Gasteiger partial charge >= 0.3 is 0 Å². The topological polar surface area (TPSA) is 72.2 Å². The molecule has 0 bridgehead atoms. The Labute approximate surface area is 138 Å². The number of rotatable bonds is 5. The van der Waals surface area contributed by atoms with Crippen molar-refractivity contribution in [2.24, 2.45) is 5.73 Å². The number of hydrogen-bond acceptors (Lipinski definition) is 3. The van der Waals surface area contributed by atoms with Crippen molar-refractivity contribution in [2.75, 3.05) is 4.72 Å². The van der Waals surface area contributed by atoms with E-state index in [1.54, 1.807) is 24.3 Å². The molecule has 0 aliphatic rings. The summed E-state index contributed by atoms with van der Waals surface area (Å²) in [6.07, 6.45) is 0.830. The summed E-state index contributed by atoms with van der Waals surface area (Å²) >= 11 is 2.10. The zero-order chi connectivity index (χ0) is 15.5. The maximum Gasteiger partial charge on any atom is 0.261 e. The molecule has 2 aromatic rings. The summed E-state index contributed by atoms with van der Waals surface area (Å²) in [4.78, 5) is 0.236. The van der Waals surface area contributed by atoms with Crippen LogP contribution in [0.25, 0.3) is 0 Å². The molecule has 3 N–H and O–H groups in total. The van der Waals surface area contributed by atoms with Crippen LogP contribution in [0.2, 0.25) is 0 Å². The summed E-state index contributed by atoms with van der Waals surface area (Å²) in [6.45, 7) is 2.35. The van der Waals surface area contributed by atoms with E-state index in [1.807, 2.05) is 25.1 Å². The van der Waals surface area contributed by atoms with Gasteiger partial charge in [-0.05, 0) is 64.4 Å². The van der Waals surface area contributed by atoms with Crippen LogP contribution in [0.15, 0.2) is 47.4 Å². The van der Waals surface area contributed by atoms with Gasteiger partial charge in [0, 0.05) is 10.1 Å².